The third-order valence-electron chi connectivity index (χ3n) is 5.14. The number of hydrogen-bond donors (Lipinski definition) is 1. The van der Waals surface area contributed by atoms with Gasteiger partial charge in [0.05, 0.1) is 11.3 Å². The fourth-order valence-corrected chi connectivity index (χ4v) is 4.35. The monoisotopic (exact) mass is 434 g/mol. The van der Waals surface area contributed by atoms with E-state index in [9.17, 15) is 9.59 Å². The number of aromatic amines is 1. The van der Waals surface area contributed by atoms with Crippen LogP contribution in [0.3, 0.4) is 0 Å². The Balaban J connectivity index is 1.99. The van der Waals surface area contributed by atoms with Crippen molar-refractivity contribution in [1.29, 1.82) is 0 Å². The molecule has 0 spiro atoms. The molecule has 4 rings (SSSR count). The van der Waals surface area contributed by atoms with E-state index in [1.165, 1.54) is 18.7 Å². The fourth-order valence-electron chi connectivity index (χ4n) is 3.76. The Kier molecular flexibility index (Phi) is 5.65. The van der Waals surface area contributed by atoms with Crippen LogP contribution in [-0.2, 0) is 4.79 Å². The van der Waals surface area contributed by atoms with Gasteiger partial charge in [0, 0.05) is 43.1 Å². The molecule has 7 nitrogen and oxygen atoms in total. The second-order valence-corrected chi connectivity index (χ2v) is 8.43. The van der Waals surface area contributed by atoms with Crippen LogP contribution in [0.5, 0.6) is 0 Å². The topological polar surface area (TPSA) is 73.2 Å². The number of para-hydroxylation sites is 1. The first-order chi connectivity index (χ1) is 14.9. The van der Waals surface area contributed by atoms with E-state index in [4.69, 9.17) is 5.10 Å². The Bertz CT molecular complexity index is 1200. The Hall–Kier alpha value is -3.39. The summed E-state index contributed by atoms with van der Waals surface area (Å²) < 4.78 is 1.67. The summed E-state index contributed by atoms with van der Waals surface area (Å²) in [5.74, 6) is 0.479. The second-order valence-electron chi connectivity index (χ2n) is 7.42. The molecule has 0 bridgehead atoms. The molecule has 1 N–H and O–H groups in total. The van der Waals surface area contributed by atoms with Crippen molar-refractivity contribution in [3.05, 3.63) is 77.1 Å². The molecule has 0 fully saturated rings. The van der Waals surface area contributed by atoms with Crippen LogP contribution in [0.2, 0.25) is 0 Å². The van der Waals surface area contributed by atoms with Gasteiger partial charge in [-0.1, -0.05) is 30.0 Å². The van der Waals surface area contributed by atoms with E-state index >= 15 is 0 Å². The molecule has 8 heteroatoms. The minimum atomic E-state index is -0.580. The highest BCUT2D eigenvalue weighted by Crippen LogP contribution is 2.37. The first-order valence-electron chi connectivity index (χ1n) is 9.88. The summed E-state index contributed by atoms with van der Waals surface area (Å²) in [6.07, 6.45) is 1.17. The van der Waals surface area contributed by atoms with Gasteiger partial charge >= 0.3 is 11.3 Å². The molecule has 1 atom stereocenters. The van der Waals surface area contributed by atoms with Crippen LogP contribution in [0.1, 0.15) is 18.7 Å². The molecule has 1 aliphatic rings. The van der Waals surface area contributed by atoms with Crippen molar-refractivity contribution in [3.63, 3.8) is 0 Å². The summed E-state index contributed by atoms with van der Waals surface area (Å²) in [6, 6.07) is 15.4. The molecule has 158 valence electrons. The van der Waals surface area contributed by atoms with E-state index in [1.54, 1.807) is 15.7 Å². The number of nitrogens with zero attached hydrogens (tertiary/aromatic N) is 4. The highest BCUT2D eigenvalue weighted by molar-refractivity contribution is 7.99. The Morgan fingerprint density at radius 3 is 2.61 bits per heavy atom. The quantitative estimate of drug-likeness (QED) is 0.380. The van der Waals surface area contributed by atoms with Gasteiger partial charge in [-0.25, -0.2) is 4.90 Å². The van der Waals surface area contributed by atoms with Gasteiger partial charge in [-0.05, 0) is 41.1 Å². The van der Waals surface area contributed by atoms with Crippen molar-refractivity contribution in [3.8, 4) is 11.3 Å². The van der Waals surface area contributed by atoms with Crippen LogP contribution in [0.4, 0.5) is 11.4 Å². The number of hydrogen-bond acceptors (Lipinski definition) is 5. The molecule has 0 saturated heterocycles. The minimum Gasteiger partial charge on any atom is -0.378 e. The molecule has 2 aromatic carbocycles. The third kappa shape index (κ3) is 3.74. The lowest BCUT2D eigenvalue weighted by molar-refractivity contribution is -0.763. The van der Waals surface area contributed by atoms with Crippen molar-refractivity contribution in [2.45, 2.75) is 18.2 Å². The molecule has 1 aliphatic heterocycles. The fraction of sp³-hybridized carbons (Fsp3) is 0.217. The molecule has 1 aromatic heterocycles. The van der Waals surface area contributed by atoms with E-state index in [0.29, 0.717) is 27.9 Å². The number of amides is 1. The lowest BCUT2D eigenvalue weighted by Gasteiger charge is -2.31. The van der Waals surface area contributed by atoms with E-state index in [2.05, 4.69) is 11.6 Å². The van der Waals surface area contributed by atoms with E-state index in [0.717, 1.165) is 11.3 Å². The average Bonchev–Trinajstić information content (AvgIpc) is 2.76. The zero-order valence-electron chi connectivity index (χ0n) is 17.7. The van der Waals surface area contributed by atoms with Gasteiger partial charge in [-0.15, -0.1) is 6.58 Å². The van der Waals surface area contributed by atoms with Crippen molar-refractivity contribution in [2.24, 2.45) is 0 Å². The smallest absolute Gasteiger partial charge is 0.325 e. The maximum atomic E-state index is 13.1. The number of benzene rings is 2. The number of nitrogens with one attached hydrogen (secondary N) is 1. The van der Waals surface area contributed by atoms with E-state index in [1.807, 2.05) is 67.5 Å². The zero-order chi connectivity index (χ0) is 22.1. The molecule has 2 heterocycles. The lowest BCUT2D eigenvalue weighted by atomic mass is 10.0. The molecular weight excluding hydrogens is 410 g/mol. The van der Waals surface area contributed by atoms with Crippen molar-refractivity contribution < 1.29 is 9.48 Å². The summed E-state index contributed by atoms with van der Waals surface area (Å²) in [4.78, 5) is 32.6. The van der Waals surface area contributed by atoms with Crippen LogP contribution in [-0.4, -0.2) is 35.8 Å². The number of rotatable bonds is 5. The SMILES string of the molecule is C=CCSc1n[n+]2c(c(=O)[nH]1)-c1ccccc1N(C(C)=O)[C@H]2c1ccc(N(C)C)cc1. The first-order valence-corrected chi connectivity index (χ1v) is 10.9. The van der Waals surface area contributed by atoms with Gasteiger partial charge in [0.25, 0.3) is 6.17 Å². The van der Waals surface area contributed by atoms with E-state index in [-0.39, 0.29) is 11.5 Å². The predicted molar refractivity (Wildman–Crippen MR) is 123 cm³/mol. The Morgan fingerprint density at radius 2 is 1.97 bits per heavy atom. The number of H-pyrrole nitrogens is 1. The predicted octanol–water partition coefficient (Wildman–Crippen LogP) is 2.98. The zero-order valence-corrected chi connectivity index (χ0v) is 18.5. The molecule has 31 heavy (non-hydrogen) atoms. The Morgan fingerprint density at radius 1 is 1.26 bits per heavy atom. The summed E-state index contributed by atoms with van der Waals surface area (Å²) in [7, 11) is 3.95. The molecule has 1 amide bonds. The summed E-state index contributed by atoms with van der Waals surface area (Å²) in [5.41, 5.74) is 3.45. The number of aromatic nitrogens is 3. The minimum absolute atomic E-state index is 0.130. The van der Waals surface area contributed by atoms with Gasteiger partial charge in [0.2, 0.25) is 11.1 Å². The van der Waals surface area contributed by atoms with Crippen molar-refractivity contribution in [1.82, 2.24) is 10.1 Å². The summed E-state index contributed by atoms with van der Waals surface area (Å²) >= 11 is 1.39. The maximum Gasteiger partial charge on any atom is 0.325 e. The largest absolute Gasteiger partial charge is 0.378 e. The molecule has 0 aliphatic carbocycles. The highest BCUT2D eigenvalue weighted by Gasteiger charge is 2.44. The van der Waals surface area contributed by atoms with Gasteiger partial charge in [-0.2, -0.15) is 0 Å². The number of carbonyl (C=O) groups excluding carboxylic acids is 1. The number of thioether (sulfide) groups is 1. The second kappa shape index (κ2) is 8.39. The van der Waals surface area contributed by atoms with Crippen LogP contribution >= 0.6 is 11.8 Å². The average molecular weight is 435 g/mol. The van der Waals surface area contributed by atoms with Crippen molar-refractivity contribution in [2.75, 3.05) is 29.6 Å². The normalized spacial score (nSPS) is 14.5. The van der Waals surface area contributed by atoms with Gasteiger partial charge < -0.3 is 4.90 Å². The number of carbonyl (C=O) groups is 1. The van der Waals surface area contributed by atoms with Crippen LogP contribution in [0.25, 0.3) is 11.3 Å². The third-order valence-corrected chi connectivity index (χ3v) is 6.00. The van der Waals surface area contributed by atoms with Gasteiger partial charge in [0.1, 0.15) is 0 Å². The highest BCUT2D eigenvalue weighted by atomic mass is 32.2. The molecule has 3 aromatic rings. The van der Waals surface area contributed by atoms with Crippen LogP contribution < -0.4 is 20.0 Å². The molecule has 0 radical (unpaired) electrons. The Labute approximate surface area is 185 Å². The number of fused-ring (bicyclic) bond motifs is 3. The molecule has 0 saturated carbocycles. The summed E-state index contributed by atoms with van der Waals surface area (Å²) in [5, 5.41) is 5.21. The summed E-state index contributed by atoms with van der Waals surface area (Å²) in [6.45, 7) is 5.26. The van der Waals surface area contributed by atoms with Gasteiger partial charge in [-0.3, -0.25) is 14.6 Å². The first kappa shape index (κ1) is 20.9. The lowest BCUT2D eigenvalue weighted by Crippen LogP contribution is -2.60. The van der Waals surface area contributed by atoms with Gasteiger partial charge in [0.15, 0.2) is 0 Å². The maximum absolute atomic E-state index is 13.1. The van der Waals surface area contributed by atoms with Crippen LogP contribution in [0, 0.1) is 0 Å². The van der Waals surface area contributed by atoms with Crippen molar-refractivity contribution >= 4 is 29.0 Å². The molecule has 0 unspecified atom stereocenters. The van der Waals surface area contributed by atoms with Crippen LogP contribution in [0.15, 0.2) is 71.1 Å². The number of anilines is 2. The standard InChI is InChI=1S/C23H23N5O2S/c1-5-14-31-23-24-21(30)20-18-8-6-7-9-19(18)27(15(2)29)22(28(20)25-23)16-10-12-17(13-11-16)26(3)4/h5-13,22H,1,14H2,2-4H3/p+1/t22-/m1/s1. The van der Waals surface area contributed by atoms with E-state index < -0.39 is 6.17 Å². The molecular formula is C23H24N5O2S+.